The Kier molecular flexibility index (Phi) is 25.5. The minimum absolute atomic E-state index is 0.00173. The number of nitrogens with zero attached hydrogens (tertiary/aromatic N) is 6. The van der Waals surface area contributed by atoms with Crippen LogP contribution in [0.3, 0.4) is 0 Å². The molecule has 13 aromatic rings. The fourth-order valence-electron chi connectivity index (χ4n) is 14.9. The molecule has 0 spiro atoms. The van der Waals surface area contributed by atoms with Crippen molar-refractivity contribution >= 4 is 138 Å². The summed E-state index contributed by atoms with van der Waals surface area (Å²) in [4.78, 5) is 36.7. The van der Waals surface area contributed by atoms with Crippen LogP contribution in [0.15, 0.2) is 273 Å². The first kappa shape index (κ1) is 81.3. The van der Waals surface area contributed by atoms with Gasteiger partial charge in [0.1, 0.15) is 11.0 Å². The molecule has 0 amide bonds. The van der Waals surface area contributed by atoms with Crippen molar-refractivity contribution < 1.29 is 37.9 Å². The number of aromatic amines is 1. The van der Waals surface area contributed by atoms with Crippen LogP contribution in [0.1, 0.15) is 73.2 Å². The molecule has 4 heterocycles. The largest absolute Gasteiger partial charge is 0.488 e. The lowest BCUT2D eigenvalue weighted by molar-refractivity contribution is 0.272. The molecule has 0 radical (unpaired) electrons. The van der Waals surface area contributed by atoms with Crippen molar-refractivity contribution in [3.63, 3.8) is 0 Å². The zero-order chi connectivity index (χ0) is 82.0. The van der Waals surface area contributed by atoms with Crippen LogP contribution in [-0.4, -0.2) is 81.2 Å². The standard InChI is InChI=1S/C97H75Cl8N7O8/c98-76-68-66-57-67(69(68)77(99)85(114-50-42-59-27-11-2-12-28-59)84(76)113-49-41-58-25-9-1-10-26-58)107-93-71-73(81(103)89(118-54-46-63-35-19-6-20-36-63)87(79(71)101)116-52-44-61-31-15-4-16-32-61)95(109-93)111-97-75-74(82(104)90(119-55-47-64-37-21-7-22-38-64)91(83(75)105)120-56-48-65-39-23-8-24-40-65)96(112-97)110-94-72-70(92(106-66)108-94)78(100)86(115-51-43-60-29-13-3-14-30-60)88(80(72)102)117-53-45-62-33-17-5-18-34-62/h1-40H,41-57H2,(H,106,107,108,109,110,111,112). The van der Waals surface area contributed by atoms with Gasteiger partial charge in [-0.15, -0.1) is 0 Å². The minimum atomic E-state index is -0.0979. The Morgan fingerprint density at radius 3 is 0.608 bits per heavy atom. The number of hydrogen-bond acceptors (Lipinski definition) is 14. The van der Waals surface area contributed by atoms with Crippen LogP contribution in [0.2, 0.25) is 40.2 Å². The molecule has 602 valence electrons. The Hall–Kier alpha value is -11.1. The Morgan fingerprint density at radius 1 is 0.217 bits per heavy atom. The Morgan fingerprint density at radius 2 is 0.400 bits per heavy atom. The van der Waals surface area contributed by atoms with Gasteiger partial charge in [0, 0.05) is 68.2 Å². The van der Waals surface area contributed by atoms with Crippen molar-refractivity contribution in [2.75, 3.05) is 52.9 Å². The maximum Gasteiger partial charge on any atom is 0.182 e. The fraction of sp³-hybridized carbons (Fsp3) is 0.175. The molecule has 3 aliphatic heterocycles. The van der Waals surface area contributed by atoms with Gasteiger partial charge in [0.05, 0.1) is 137 Å². The first-order valence-electron chi connectivity index (χ1n) is 39.5. The minimum Gasteiger partial charge on any atom is -0.488 e. The molecule has 15 nitrogen and oxygen atoms in total. The van der Waals surface area contributed by atoms with Gasteiger partial charge < -0.3 is 42.9 Å². The lowest BCUT2D eigenvalue weighted by Crippen LogP contribution is -2.29. The van der Waals surface area contributed by atoms with Crippen molar-refractivity contribution in [2.24, 2.45) is 30.0 Å². The first-order valence-corrected chi connectivity index (χ1v) is 42.5. The average Bonchev–Trinajstić information content (AvgIpc) is 1.57. The van der Waals surface area contributed by atoms with Crippen molar-refractivity contribution in [3.05, 3.63) is 371 Å². The van der Waals surface area contributed by atoms with Gasteiger partial charge in [-0.1, -0.05) is 335 Å². The van der Waals surface area contributed by atoms with Crippen LogP contribution in [0.25, 0.3) is 22.2 Å². The summed E-state index contributed by atoms with van der Waals surface area (Å²) in [6.45, 7) is 1.22. The second kappa shape index (κ2) is 37.7. The predicted molar refractivity (Wildman–Crippen MR) is 482 cm³/mol. The normalized spacial score (nSPS) is 13.0. The second-order valence-corrected chi connectivity index (χ2v) is 31.7. The summed E-state index contributed by atoms with van der Waals surface area (Å²) in [5.74, 6) is 1.19. The van der Waals surface area contributed by atoms with Gasteiger partial charge in [-0.2, -0.15) is 0 Å². The molecule has 0 atom stereocenters. The molecule has 1 N–H and O–H groups in total. The third-order valence-corrected chi connectivity index (χ3v) is 23.8. The van der Waals surface area contributed by atoms with Crippen LogP contribution in [0.5, 0.6) is 46.0 Å². The van der Waals surface area contributed by atoms with E-state index in [1.807, 2.05) is 243 Å². The summed E-state index contributed by atoms with van der Waals surface area (Å²) in [5.41, 5.74) is 9.83. The van der Waals surface area contributed by atoms with Gasteiger partial charge in [-0.05, 0) is 44.5 Å². The van der Waals surface area contributed by atoms with Crippen LogP contribution in [0, 0.1) is 0 Å². The number of rotatable bonds is 32. The van der Waals surface area contributed by atoms with Crippen LogP contribution in [-0.2, 0) is 51.4 Å². The summed E-state index contributed by atoms with van der Waals surface area (Å²) in [7, 11) is 0. The number of nitrogens with one attached hydrogen (secondary N) is 1. The van der Waals surface area contributed by atoms with E-state index < -0.39 is 0 Å². The first-order chi connectivity index (χ1) is 58.9. The van der Waals surface area contributed by atoms with Gasteiger partial charge in [0.25, 0.3) is 0 Å². The summed E-state index contributed by atoms with van der Waals surface area (Å²) >= 11 is 64.5. The molecule has 23 heteroatoms. The van der Waals surface area contributed by atoms with E-state index >= 15 is 0 Å². The van der Waals surface area contributed by atoms with E-state index in [4.69, 9.17) is 161 Å². The van der Waals surface area contributed by atoms with E-state index in [-0.39, 0.29) is 213 Å². The van der Waals surface area contributed by atoms with Crippen molar-refractivity contribution in [3.8, 4) is 46.0 Å². The molecular formula is C97H75Cl8N7O8. The highest BCUT2D eigenvalue weighted by atomic mass is 35.5. The second-order valence-electron chi connectivity index (χ2n) is 28.7. The molecule has 0 saturated heterocycles. The molecule has 0 fully saturated rings. The number of benzene rings is 12. The van der Waals surface area contributed by atoms with E-state index in [9.17, 15) is 0 Å². The van der Waals surface area contributed by atoms with E-state index in [1.54, 1.807) is 0 Å². The van der Waals surface area contributed by atoms with Gasteiger partial charge in [0.2, 0.25) is 0 Å². The van der Waals surface area contributed by atoms with Crippen LogP contribution < -0.4 is 59.3 Å². The van der Waals surface area contributed by atoms with E-state index in [0.717, 1.165) is 44.5 Å². The number of hydrogen-bond donors (Lipinski definition) is 1. The molecule has 12 aromatic carbocycles. The van der Waals surface area contributed by atoms with Gasteiger partial charge in [-0.3, -0.25) is 0 Å². The molecule has 1 aromatic heterocycles. The third kappa shape index (κ3) is 17.6. The van der Waals surface area contributed by atoms with E-state index in [2.05, 4.69) is 4.98 Å². The maximum atomic E-state index is 8.08. The quantitative estimate of drug-likeness (QED) is 0.0435. The topological polar surface area (TPSA) is 164 Å². The molecule has 0 saturated carbocycles. The molecular weight excluding hydrogens is 1670 g/mol. The van der Waals surface area contributed by atoms with Crippen molar-refractivity contribution in [1.82, 2.24) is 4.98 Å². The molecule has 0 unspecified atom stereocenters. The number of ether oxygens (including phenoxy) is 8. The van der Waals surface area contributed by atoms with Crippen molar-refractivity contribution in [1.29, 1.82) is 0 Å². The zero-order valence-electron chi connectivity index (χ0n) is 64.6. The number of H-pyrrole nitrogens is 1. The summed E-state index contributed by atoms with van der Waals surface area (Å²) < 4.78 is 55.0. The number of fused-ring (bicyclic) bond motifs is 16. The molecule has 120 heavy (non-hydrogen) atoms. The van der Waals surface area contributed by atoms with Crippen LogP contribution >= 0.6 is 92.8 Å². The Bertz CT molecular complexity index is 6030. The van der Waals surface area contributed by atoms with Crippen LogP contribution in [0.4, 0.5) is 0 Å². The highest BCUT2D eigenvalue weighted by Crippen LogP contribution is 2.53. The molecule has 1 aliphatic carbocycles. The number of aromatic nitrogens is 1. The highest BCUT2D eigenvalue weighted by Gasteiger charge is 2.39. The zero-order valence-corrected chi connectivity index (χ0v) is 70.6. The SMILES string of the molecule is Clc1c(OCCc2ccccc2)c(OCCc2ccccc2)c(Cl)c2c1C1=NC2=NC2=c3c(Cl)c(OCCc4ccccc4)c(OCCc4ccccc4)c(Cl)c3=C(C2)N=C2N=C(N=c3[nH]c(c4c(Cl)c(OCCc5ccccc5)c(OCCc5ccccc5)c(Cl)c34)=N1)c1c(Cl)c(OCCc3ccccc3)c(OCCc3ccccc3)c(Cl)c12. The summed E-state index contributed by atoms with van der Waals surface area (Å²) in [6.07, 6.45) is 3.83. The van der Waals surface area contributed by atoms with Gasteiger partial charge in [-0.25, -0.2) is 30.0 Å². The predicted octanol–water partition coefficient (Wildman–Crippen LogP) is 21.4. The highest BCUT2D eigenvalue weighted by molar-refractivity contribution is 6.47. The molecule has 8 bridgehead atoms. The third-order valence-electron chi connectivity index (χ3n) is 20.9. The maximum absolute atomic E-state index is 8.08. The van der Waals surface area contributed by atoms with Gasteiger partial charge in [0.15, 0.2) is 69.3 Å². The lowest BCUT2D eigenvalue weighted by Gasteiger charge is -2.19. The van der Waals surface area contributed by atoms with E-state index in [1.165, 1.54) is 0 Å². The molecule has 17 rings (SSSR count). The molecule has 4 aliphatic rings. The van der Waals surface area contributed by atoms with Crippen molar-refractivity contribution in [2.45, 2.75) is 57.8 Å². The lowest BCUT2D eigenvalue weighted by atomic mass is 10.1. The van der Waals surface area contributed by atoms with E-state index in [0.29, 0.717) is 73.2 Å². The number of amidine groups is 4. The fourth-order valence-corrected chi connectivity index (χ4v) is 17.5. The van der Waals surface area contributed by atoms with Gasteiger partial charge >= 0.3 is 0 Å². The smallest absolute Gasteiger partial charge is 0.182 e. The average molecular weight is 1750 g/mol. The number of aliphatic imine (C=N–C) groups is 4. The Labute approximate surface area is 733 Å². The Balaban J connectivity index is 0.950. The summed E-state index contributed by atoms with van der Waals surface area (Å²) in [6, 6.07) is 79.7. The number of halogens is 8. The summed E-state index contributed by atoms with van der Waals surface area (Å²) in [5, 5.41) is 1.66. The monoisotopic (exact) mass is 1750 g/mol.